The number of hydrogen-bond donors (Lipinski definition) is 1. The molecule has 2 heteroatoms. The normalized spacial score (nSPS) is 13.8. The molecular formula is C13H30N2. The Balaban J connectivity index is 3.49. The SMILES string of the molecule is CCC(CC)N(C)CCCCC(C)NC. The molecule has 2 nitrogen and oxygen atoms in total. The van der Waals surface area contributed by atoms with E-state index in [0.717, 1.165) is 6.04 Å². The lowest BCUT2D eigenvalue weighted by molar-refractivity contribution is 0.224. The summed E-state index contributed by atoms with van der Waals surface area (Å²) in [4.78, 5) is 2.52. The van der Waals surface area contributed by atoms with Crippen LogP contribution in [0.5, 0.6) is 0 Å². The summed E-state index contributed by atoms with van der Waals surface area (Å²) in [5, 5.41) is 3.28. The van der Waals surface area contributed by atoms with Crippen molar-refractivity contribution in [1.29, 1.82) is 0 Å². The van der Waals surface area contributed by atoms with Crippen LogP contribution in [0.3, 0.4) is 0 Å². The zero-order valence-electron chi connectivity index (χ0n) is 11.3. The van der Waals surface area contributed by atoms with Crippen molar-refractivity contribution in [2.45, 2.75) is 65.0 Å². The van der Waals surface area contributed by atoms with Gasteiger partial charge in [-0.05, 0) is 53.2 Å². The molecule has 92 valence electrons. The van der Waals surface area contributed by atoms with Gasteiger partial charge in [-0.25, -0.2) is 0 Å². The van der Waals surface area contributed by atoms with E-state index in [9.17, 15) is 0 Å². The van der Waals surface area contributed by atoms with Gasteiger partial charge >= 0.3 is 0 Å². The first-order valence-corrected chi connectivity index (χ1v) is 6.53. The second kappa shape index (κ2) is 9.17. The van der Waals surface area contributed by atoms with Crippen LogP contribution in [0.4, 0.5) is 0 Å². The minimum Gasteiger partial charge on any atom is -0.317 e. The molecule has 0 aliphatic carbocycles. The van der Waals surface area contributed by atoms with Crippen molar-refractivity contribution in [3.63, 3.8) is 0 Å². The summed E-state index contributed by atoms with van der Waals surface area (Å²) in [5.74, 6) is 0. The van der Waals surface area contributed by atoms with Gasteiger partial charge < -0.3 is 10.2 Å². The average molecular weight is 214 g/mol. The van der Waals surface area contributed by atoms with E-state index < -0.39 is 0 Å². The predicted molar refractivity (Wildman–Crippen MR) is 69.4 cm³/mol. The fraction of sp³-hybridized carbons (Fsp3) is 1.00. The second-order valence-electron chi connectivity index (χ2n) is 4.64. The molecule has 0 saturated heterocycles. The second-order valence-corrected chi connectivity index (χ2v) is 4.64. The molecule has 0 saturated carbocycles. The van der Waals surface area contributed by atoms with Gasteiger partial charge in [0, 0.05) is 12.1 Å². The van der Waals surface area contributed by atoms with E-state index in [1.165, 1.54) is 38.6 Å². The molecule has 0 aromatic rings. The van der Waals surface area contributed by atoms with Crippen LogP contribution in [-0.4, -0.2) is 37.6 Å². The van der Waals surface area contributed by atoms with Gasteiger partial charge in [-0.15, -0.1) is 0 Å². The highest BCUT2D eigenvalue weighted by molar-refractivity contribution is 4.65. The third-order valence-corrected chi connectivity index (χ3v) is 3.46. The van der Waals surface area contributed by atoms with Gasteiger partial charge in [-0.3, -0.25) is 0 Å². The Kier molecular flexibility index (Phi) is 9.12. The van der Waals surface area contributed by atoms with Gasteiger partial charge in [0.05, 0.1) is 0 Å². The molecule has 0 rings (SSSR count). The van der Waals surface area contributed by atoms with E-state index in [4.69, 9.17) is 0 Å². The van der Waals surface area contributed by atoms with Gasteiger partial charge in [0.2, 0.25) is 0 Å². The van der Waals surface area contributed by atoms with Crippen LogP contribution in [-0.2, 0) is 0 Å². The van der Waals surface area contributed by atoms with Crippen LogP contribution in [0.25, 0.3) is 0 Å². The van der Waals surface area contributed by atoms with E-state index in [-0.39, 0.29) is 0 Å². The zero-order valence-corrected chi connectivity index (χ0v) is 11.3. The number of nitrogens with one attached hydrogen (secondary N) is 1. The lowest BCUT2D eigenvalue weighted by atomic mass is 10.1. The van der Waals surface area contributed by atoms with Crippen LogP contribution >= 0.6 is 0 Å². The highest BCUT2D eigenvalue weighted by Crippen LogP contribution is 2.08. The van der Waals surface area contributed by atoms with Crippen molar-refractivity contribution in [3.8, 4) is 0 Å². The summed E-state index contributed by atoms with van der Waals surface area (Å²) in [6, 6.07) is 1.45. The minimum absolute atomic E-state index is 0.670. The van der Waals surface area contributed by atoms with Crippen LogP contribution in [0.15, 0.2) is 0 Å². The molecule has 0 radical (unpaired) electrons. The molecule has 0 heterocycles. The molecule has 0 spiro atoms. The molecular weight excluding hydrogens is 184 g/mol. The minimum atomic E-state index is 0.670. The topological polar surface area (TPSA) is 15.3 Å². The first kappa shape index (κ1) is 14.9. The number of nitrogens with zero attached hydrogens (tertiary/aromatic N) is 1. The first-order valence-electron chi connectivity index (χ1n) is 6.53. The quantitative estimate of drug-likeness (QED) is 0.594. The van der Waals surface area contributed by atoms with Crippen LogP contribution < -0.4 is 5.32 Å². The highest BCUT2D eigenvalue weighted by Gasteiger charge is 2.09. The van der Waals surface area contributed by atoms with Crippen molar-refractivity contribution in [1.82, 2.24) is 10.2 Å². The predicted octanol–water partition coefficient (Wildman–Crippen LogP) is 2.89. The van der Waals surface area contributed by atoms with E-state index in [1.807, 2.05) is 7.05 Å². The Bertz CT molecular complexity index is 132. The number of rotatable bonds is 9. The Hall–Kier alpha value is -0.0800. The summed E-state index contributed by atoms with van der Waals surface area (Å²) >= 11 is 0. The summed E-state index contributed by atoms with van der Waals surface area (Å²) in [5.41, 5.74) is 0. The third kappa shape index (κ3) is 6.91. The van der Waals surface area contributed by atoms with Crippen molar-refractivity contribution < 1.29 is 0 Å². The average Bonchev–Trinajstić information content (AvgIpc) is 2.25. The molecule has 0 aliphatic heterocycles. The maximum Gasteiger partial charge on any atom is 0.00869 e. The standard InChI is InChI=1S/C13H30N2/c1-6-13(7-2)15(5)11-9-8-10-12(3)14-4/h12-14H,6-11H2,1-5H3. The van der Waals surface area contributed by atoms with Crippen molar-refractivity contribution in [3.05, 3.63) is 0 Å². The maximum absolute atomic E-state index is 3.28. The lowest BCUT2D eigenvalue weighted by Crippen LogP contribution is -2.31. The molecule has 0 amide bonds. The van der Waals surface area contributed by atoms with Gasteiger partial charge in [-0.1, -0.05) is 20.3 Å². The molecule has 15 heavy (non-hydrogen) atoms. The molecule has 0 bridgehead atoms. The van der Waals surface area contributed by atoms with Gasteiger partial charge in [-0.2, -0.15) is 0 Å². The first-order chi connectivity index (χ1) is 7.15. The van der Waals surface area contributed by atoms with Crippen molar-refractivity contribution in [2.75, 3.05) is 20.6 Å². The van der Waals surface area contributed by atoms with Crippen LogP contribution in [0.1, 0.15) is 52.9 Å². The zero-order chi connectivity index (χ0) is 11.7. The molecule has 0 aliphatic rings. The Morgan fingerprint density at radius 3 is 2.20 bits per heavy atom. The fourth-order valence-electron chi connectivity index (χ4n) is 2.05. The molecule has 1 atom stereocenters. The van der Waals surface area contributed by atoms with Gasteiger partial charge in [0.25, 0.3) is 0 Å². The fourth-order valence-corrected chi connectivity index (χ4v) is 2.05. The van der Waals surface area contributed by atoms with E-state index in [2.05, 4.69) is 38.0 Å². The monoisotopic (exact) mass is 214 g/mol. The molecule has 1 unspecified atom stereocenters. The largest absolute Gasteiger partial charge is 0.317 e. The summed E-state index contributed by atoms with van der Waals surface area (Å²) in [6.07, 6.45) is 6.53. The molecule has 0 aromatic carbocycles. The Morgan fingerprint density at radius 2 is 1.73 bits per heavy atom. The Morgan fingerprint density at radius 1 is 1.13 bits per heavy atom. The van der Waals surface area contributed by atoms with Crippen molar-refractivity contribution in [2.24, 2.45) is 0 Å². The smallest absolute Gasteiger partial charge is 0.00869 e. The van der Waals surface area contributed by atoms with Crippen LogP contribution in [0.2, 0.25) is 0 Å². The van der Waals surface area contributed by atoms with Gasteiger partial charge in [0.1, 0.15) is 0 Å². The number of unbranched alkanes of at least 4 members (excludes halogenated alkanes) is 1. The van der Waals surface area contributed by atoms with E-state index in [1.54, 1.807) is 0 Å². The summed E-state index contributed by atoms with van der Waals surface area (Å²) in [7, 11) is 4.31. The number of hydrogen-bond acceptors (Lipinski definition) is 2. The third-order valence-electron chi connectivity index (χ3n) is 3.46. The summed E-state index contributed by atoms with van der Waals surface area (Å²) < 4.78 is 0. The molecule has 0 fully saturated rings. The van der Waals surface area contributed by atoms with Gasteiger partial charge in [0.15, 0.2) is 0 Å². The lowest BCUT2D eigenvalue weighted by Gasteiger charge is -2.26. The van der Waals surface area contributed by atoms with Crippen LogP contribution in [0, 0.1) is 0 Å². The molecule has 1 N–H and O–H groups in total. The molecule has 0 aromatic heterocycles. The van der Waals surface area contributed by atoms with E-state index >= 15 is 0 Å². The maximum atomic E-state index is 3.28. The summed E-state index contributed by atoms with van der Waals surface area (Å²) in [6.45, 7) is 8.08. The van der Waals surface area contributed by atoms with E-state index in [0.29, 0.717) is 6.04 Å². The Labute approximate surface area is 96.4 Å². The van der Waals surface area contributed by atoms with Crippen molar-refractivity contribution >= 4 is 0 Å². The highest BCUT2D eigenvalue weighted by atomic mass is 15.1.